The average molecular weight is 279 g/mol. The van der Waals surface area contributed by atoms with Crippen LogP contribution < -0.4 is 5.32 Å². The highest BCUT2D eigenvalue weighted by molar-refractivity contribution is 5.88. The van der Waals surface area contributed by atoms with Gasteiger partial charge in [0.25, 0.3) is 0 Å². The SMILES string of the molecule is C=CC(=O)CCCN1CCN(CCNC(=O)C=C)CC1. The Kier molecular flexibility index (Phi) is 7.84. The van der Waals surface area contributed by atoms with E-state index in [-0.39, 0.29) is 11.7 Å². The van der Waals surface area contributed by atoms with Crippen molar-refractivity contribution in [2.45, 2.75) is 12.8 Å². The van der Waals surface area contributed by atoms with E-state index in [2.05, 4.69) is 28.3 Å². The summed E-state index contributed by atoms with van der Waals surface area (Å²) in [5.74, 6) is 0.0112. The van der Waals surface area contributed by atoms with Crippen molar-refractivity contribution in [3.63, 3.8) is 0 Å². The highest BCUT2D eigenvalue weighted by atomic mass is 16.1. The molecule has 0 atom stereocenters. The van der Waals surface area contributed by atoms with Gasteiger partial charge in [-0.1, -0.05) is 13.2 Å². The molecule has 0 bridgehead atoms. The summed E-state index contributed by atoms with van der Waals surface area (Å²) >= 11 is 0. The lowest BCUT2D eigenvalue weighted by molar-refractivity contribution is -0.116. The Bertz CT molecular complexity index is 313. The number of nitrogens with one attached hydrogen (secondary N) is 1. The van der Waals surface area contributed by atoms with Crippen LogP contribution in [0.15, 0.2) is 25.3 Å². The summed E-state index contributed by atoms with van der Waals surface area (Å²) in [6, 6.07) is 0. The first-order valence-electron chi connectivity index (χ1n) is 7.16. The van der Waals surface area contributed by atoms with Crippen LogP contribution in [0.25, 0.3) is 0 Å². The van der Waals surface area contributed by atoms with Crippen LogP contribution in [0, 0.1) is 0 Å². The van der Waals surface area contributed by atoms with Crippen molar-refractivity contribution in [2.24, 2.45) is 0 Å². The minimum absolute atomic E-state index is 0.115. The maximum Gasteiger partial charge on any atom is 0.243 e. The van der Waals surface area contributed by atoms with Gasteiger partial charge in [-0.2, -0.15) is 0 Å². The van der Waals surface area contributed by atoms with Crippen LogP contribution in [-0.4, -0.2) is 67.3 Å². The van der Waals surface area contributed by atoms with Crippen LogP contribution in [0.5, 0.6) is 0 Å². The fourth-order valence-corrected chi connectivity index (χ4v) is 2.22. The molecule has 1 N–H and O–H groups in total. The highest BCUT2D eigenvalue weighted by Crippen LogP contribution is 2.03. The van der Waals surface area contributed by atoms with Gasteiger partial charge in [0.05, 0.1) is 0 Å². The van der Waals surface area contributed by atoms with Gasteiger partial charge in [-0.25, -0.2) is 0 Å². The molecule has 0 spiro atoms. The normalized spacial score (nSPS) is 16.6. The van der Waals surface area contributed by atoms with Crippen LogP contribution in [-0.2, 0) is 9.59 Å². The Morgan fingerprint density at radius 1 is 1.00 bits per heavy atom. The first kappa shape index (κ1) is 16.6. The summed E-state index contributed by atoms with van der Waals surface area (Å²) in [5, 5.41) is 2.78. The van der Waals surface area contributed by atoms with Gasteiger partial charge in [-0.15, -0.1) is 0 Å². The van der Waals surface area contributed by atoms with Crippen LogP contribution in [0.1, 0.15) is 12.8 Å². The monoisotopic (exact) mass is 279 g/mol. The second kappa shape index (κ2) is 9.44. The van der Waals surface area contributed by atoms with E-state index >= 15 is 0 Å². The lowest BCUT2D eigenvalue weighted by Gasteiger charge is -2.34. The van der Waals surface area contributed by atoms with Crippen LogP contribution in [0.2, 0.25) is 0 Å². The van der Waals surface area contributed by atoms with Gasteiger partial charge in [0, 0.05) is 45.7 Å². The molecule has 1 fully saturated rings. The Hall–Kier alpha value is -1.46. The van der Waals surface area contributed by atoms with Crippen molar-refractivity contribution in [3.05, 3.63) is 25.3 Å². The summed E-state index contributed by atoms with van der Waals surface area (Å²) in [7, 11) is 0. The third-order valence-electron chi connectivity index (χ3n) is 3.50. The fourth-order valence-electron chi connectivity index (χ4n) is 2.22. The number of ketones is 1. The summed E-state index contributed by atoms with van der Waals surface area (Å²) in [4.78, 5) is 26.9. The van der Waals surface area contributed by atoms with Crippen molar-refractivity contribution in [1.82, 2.24) is 15.1 Å². The lowest BCUT2D eigenvalue weighted by Crippen LogP contribution is -2.48. The molecule has 1 heterocycles. The zero-order valence-corrected chi connectivity index (χ0v) is 12.1. The first-order chi connectivity index (χ1) is 9.65. The van der Waals surface area contributed by atoms with E-state index in [1.807, 2.05) is 0 Å². The summed E-state index contributed by atoms with van der Waals surface area (Å²) in [6.45, 7) is 13.5. The molecule has 0 aliphatic carbocycles. The van der Waals surface area contributed by atoms with E-state index in [0.717, 1.165) is 45.7 Å². The standard InChI is InChI=1S/C15H25N3O2/c1-3-14(19)6-5-8-17-10-12-18(13-11-17)9-7-16-15(20)4-2/h3-4H,1-2,5-13H2,(H,16,20). The zero-order chi connectivity index (χ0) is 14.8. The summed E-state index contributed by atoms with van der Waals surface area (Å²) in [5.41, 5.74) is 0. The molecule has 112 valence electrons. The Balaban J connectivity index is 2.07. The van der Waals surface area contributed by atoms with Crippen LogP contribution in [0.3, 0.4) is 0 Å². The number of allylic oxidation sites excluding steroid dienone is 1. The molecule has 1 amide bonds. The molecule has 20 heavy (non-hydrogen) atoms. The molecule has 1 aliphatic heterocycles. The van der Waals surface area contributed by atoms with Gasteiger partial charge in [-0.3, -0.25) is 14.5 Å². The number of rotatable bonds is 9. The number of hydrogen-bond acceptors (Lipinski definition) is 4. The van der Waals surface area contributed by atoms with Crippen molar-refractivity contribution >= 4 is 11.7 Å². The smallest absolute Gasteiger partial charge is 0.243 e. The second-order valence-corrected chi connectivity index (χ2v) is 4.95. The quantitative estimate of drug-likeness (QED) is 0.622. The number of nitrogens with zero attached hydrogens (tertiary/aromatic N) is 2. The molecule has 1 rings (SSSR count). The van der Waals surface area contributed by atoms with Gasteiger partial charge >= 0.3 is 0 Å². The number of piperazine rings is 1. The van der Waals surface area contributed by atoms with E-state index in [0.29, 0.717) is 13.0 Å². The molecule has 0 aromatic rings. The summed E-state index contributed by atoms with van der Waals surface area (Å²) in [6.07, 6.45) is 4.19. The largest absolute Gasteiger partial charge is 0.351 e. The van der Waals surface area contributed by atoms with Crippen molar-refractivity contribution < 1.29 is 9.59 Å². The second-order valence-electron chi connectivity index (χ2n) is 4.95. The van der Waals surface area contributed by atoms with Crippen molar-refractivity contribution in [2.75, 3.05) is 45.8 Å². The maximum atomic E-state index is 11.1. The van der Waals surface area contributed by atoms with Gasteiger partial charge in [-0.05, 0) is 25.1 Å². The van der Waals surface area contributed by atoms with E-state index in [4.69, 9.17) is 0 Å². The molecule has 0 unspecified atom stereocenters. The van der Waals surface area contributed by atoms with Gasteiger partial charge in [0.2, 0.25) is 5.91 Å². The molecule has 5 heteroatoms. The average Bonchev–Trinajstić information content (AvgIpc) is 2.48. The van der Waals surface area contributed by atoms with Crippen LogP contribution in [0.4, 0.5) is 0 Å². The van der Waals surface area contributed by atoms with Gasteiger partial charge in [0.15, 0.2) is 5.78 Å². The first-order valence-corrected chi connectivity index (χ1v) is 7.16. The van der Waals surface area contributed by atoms with E-state index in [9.17, 15) is 9.59 Å². The highest BCUT2D eigenvalue weighted by Gasteiger charge is 2.16. The number of amides is 1. The Labute approximate surface area is 121 Å². The third-order valence-corrected chi connectivity index (χ3v) is 3.50. The van der Waals surface area contributed by atoms with Crippen LogP contribution >= 0.6 is 0 Å². The third kappa shape index (κ3) is 6.63. The topological polar surface area (TPSA) is 52.7 Å². The summed E-state index contributed by atoms with van der Waals surface area (Å²) < 4.78 is 0. The zero-order valence-electron chi connectivity index (χ0n) is 12.1. The molecule has 5 nitrogen and oxygen atoms in total. The molecular formula is C15H25N3O2. The minimum Gasteiger partial charge on any atom is -0.351 e. The van der Waals surface area contributed by atoms with E-state index in [1.54, 1.807) is 0 Å². The van der Waals surface area contributed by atoms with Gasteiger partial charge in [0.1, 0.15) is 0 Å². The minimum atomic E-state index is -0.115. The van der Waals surface area contributed by atoms with Gasteiger partial charge < -0.3 is 10.2 Å². The van der Waals surface area contributed by atoms with E-state index in [1.165, 1.54) is 12.2 Å². The Morgan fingerprint density at radius 3 is 2.15 bits per heavy atom. The molecule has 1 aliphatic rings. The molecule has 0 aromatic carbocycles. The molecule has 0 saturated carbocycles. The molecule has 0 aromatic heterocycles. The predicted octanol–water partition coefficient (Wildman–Crippen LogP) is 0.442. The van der Waals surface area contributed by atoms with Crippen molar-refractivity contribution in [1.29, 1.82) is 0 Å². The predicted molar refractivity (Wildman–Crippen MR) is 80.5 cm³/mol. The Morgan fingerprint density at radius 2 is 1.60 bits per heavy atom. The number of carbonyl (C=O) groups is 2. The lowest BCUT2D eigenvalue weighted by atomic mass is 10.2. The molecular weight excluding hydrogens is 254 g/mol. The number of carbonyl (C=O) groups excluding carboxylic acids is 2. The maximum absolute atomic E-state index is 11.1. The number of hydrogen-bond donors (Lipinski definition) is 1. The van der Waals surface area contributed by atoms with Crippen molar-refractivity contribution in [3.8, 4) is 0 Å². The molecule has 1 saturated heterocycles. The fraction of sp³-hybridized carbons (Fsp3) is 0.600. The molecule has 0 radical (unpaired) electrons. The van der Waals surface area contributed by atoms with E-state index < -0.39 is 0 Å².